The first-order valence-electron chi connectivity index (χ1n) is 14.7. The summed E-state index contributed by atoms with van der Waals surface area (Å²) in [7, 11) is 3.30. The summed E-state index contributed by atoms with van der Waals surface area (Å²) in [5.74, 6) is -0.352. The third-order valence-electron chi connectivity index (χ3n) is 7.74. The largest absolute Gasteiger partial charge is 0.493 e. The number of amides is 2. The molecule has 0 radical (unpaired) electrons. The molecule has 2 heterocycles. The van der Waals surface area contributed by atoms with Gasteiger partial charge in [-0.1, -0.05) is 29.8 Å². The molecule has 0 spiro atoms. The van der Waals surface area contributed by atoms with Crippen molar-refractivity contribution in [1.82, 2.24) is 23.9 Å². The number of hydrogen-bond acceptors (Lipinski definition) is 7. The highest BCUT2D eigenvalue weighted by molar-refractivity contribution is 7.87. The number of nitrogens with zero attached hydrogens (tertiary/aromatic N) is 2. The number of hydrogen-bond donors (Lipinski definition) is 3. The molecule has 3 aromatic carbocycles. The van der Waals surface area contributed by atoms with Crippen molar-refractivity contribution in [2.45, 2.75) is 13.3 Å². The summed E-state index contributed by atoms with van der Waals surface area (Å²) in [5.41, 5.74) is 4.03. The fourth-order valence-corrected chi connectivity index (χ4v) is 6.29. The lowest BCUT2D eigenvalue weighted by Crippen LogP contribution is -2.35. The standard InChI is InChI=1S/C34H37N5O7S/c1-21-11-12-27-26(15-21)22(19-36-27)13-14-35-34(41)28(37-33(40)23-17-30(44-4)32(46-6)31(18-23)45-5)16-24-20-39(47(42,43)38(2)3)29-10-8-7-9-25(24)29/h7-12,15-20,36H,13-14H2,1-6H3,(H,35,41)(H,37,40). The van der Waals surface area contributed by atoms with Crippen molar-refractivity contribution < 1.29 is 32.2 Å². The third-order valence-corrected chi connectivity index (χ3v) is 9.46. The van der Waals surface area contributed by atoms with E-state index in [0.717, 1.165) is 30.3 Å². The van der Waals surface area contributed by atoms with Gasteiger partial charge in [0.15, 0.2) is 11.5 Å². The van der Waals surface area contributed by atoms with Crippen molar-refractivity contribution >= 4 is 49.9 Å². The van der Waals surface area contributed by atoms with E-state index in [2.05, 4.69) is 21.7 Å². The number of carbonyl (C=O) groups excluding carboxylic acids is 2. The van der Waals surface area contributed by atoms with E-state index in [1.54, 1.807) is 24.3 Å². The van der Waals surface area contributed by atoms with Crippen LogP contribution in [0.2, 0.25) is 0 Å². The van der Waals surface area contributed by atoms with Crippen LogP contribution in [0, 0.1) is 6.92 Å². The van der Waals surface area contributed by atoms with Gasteiger partial charge in [-0.25, -0.2) is 3.97 Å². The number of fused-ring (bicyclic) bond motifs is 2. The quantitative estimate of drug-likeness (QED) is 0.170. The maximum absolute atomic E-state index is 13.8. The van der Waals surface area contributed by atoms with Crippen LogP contribution in [-0.2, 0) is 21.4 Å². The number of H-pyrrole nitrogens is 1. The minimum atomic E-state index is -3.90. The molecule has 0 saturated heterocycles. The third kappa shape index (κ3) is 6.67. The van der Waals surface area contributed by atoms with Crippen LogP contribution in [0.15, 0.2) is 72.7 Å². The normalized spacial score (nSPS) is 12.0. The Labute approximate surface area is 273 Å². The molecule has 2 aromatic heterocycles. The number of nitrogens with one attached hydrogen (secondary N) is 3. The number of benzene rings is 3. The second-order valence-corrected chi connectivity index (χ2v) is 13.0. The van der Waals surface area contributed by atoms with Gasteiger partial charge in [-0.2, -0.15) is 12.7 Å². The molecule has 0 unspecified atom stereocenters. The summed E-state index contributed by atoms with van der Waals surface area (Å²) in [6.07, 6.45) is 5.33. The van der Waals surface area contributed by atoms with Gasteiger partial charge in [-0.05, 0) is 55.3 Å². The molecular formula is C34H37N5O7S. The van der Waals surface area contributed by atoms with Gasteiger partial charge in [0, 0.05) is 60.4 Å². The molecule has 5 aromatic rings. The number of carbonyl (C=O) groups is 2. The average molecular weight is 660 g/mol. The highest BCUT2D eigenvalue weighted by atomic mass is 32.2. The molecular weight excluding hydrogens is 622 g/mol. The van der Waals surface area contributed by atoms with Gasteiger partial charge < -0.3 is 29.8 Å². The Morgan fingerprint density at radius 3 is 2.32 bits per heavy atom. The summed E-state index contributed by atoms with van der Waals surface area (Å²) in [4.78, 5) is 30.7. The van der Waals surface area contributed by atoms with Crippen molar-refractivity contribution in [3.8, 4) is 17.2 Å². The van der Waals surface area contributed by atoms with Crippen LogP contribution in [0.5, 0.6) is 17.2 Å². The first-order chi connectivity index (χ1) is 22.5. The summed E-state index contributed by atoms with van der Waals surface area (Å²) in [6.45, 7) is 2.29. The monoisotopic (exact) mass is 659 g/mol. The van der Waals surface area contributed by atoms with Crippen molar-refractivity contribution in [2.75, 3.05) is 42.0 Å². The Kier molecular flexibility index (Phi) is 9.59. The predicted molar refractivity (Wildman–Crippen MR) is 181 cm³/mol. The summed E-state index contributed by atoms with van der Waals surface area (Å²) >= 11 is 0. The lowest BCUT2D eigenvalue weighted by molar-refractivity contribution is -0.117. The molecule has 47 heavy (non-hydrogen) atoms. The van der Waals surface area contributed by atoms with Crippen LogP contribution in [0.3, 0.4) is 0 Å². The molecule has 0 fully saturated rings. The van der Waals surface area contributed by atoms with Crippen LogP contribution >= 0.6 is 0 Å². The SMILES string of the molecule is COc1cc(C(=O)NC(=Cc2cn(S(=O)(=O)N(C)C)c3ccccc23)C(=O)NCCc2c[nH]c3ccc(C)cc23)cc(OC)c1OC. The second-order valence-electron chi connectivity index (χ2n) is 11.0. The van der Waals surface area contributed by atoms with Crippen molar-refractivity contribution in [3.05, 3.63) is 94.9 Å². The van der Waals surface area contributed by atoms with Gasteiger partial charge in [0.05, 0.1) is 26.8 Å². The highest BCUT2D eigenvalue weighted by Crippen LogP contribution is 2.38. The number of aromatic amines is 1. The number of methoxy groups -OCH3 is 3. The number of para-hydroxylation sites is 1. The molecule has 0 saturated carbocycles. The first-order valence-corrected chi connectivity index (χ1v) is 16.1. The van der Waals surface area contributed by atoms with E-state index in [1.165, 1.54) is 59.8 Å². The predicted octanol–water partition coefficient (Wildman–Crippen LogP) is 4.24. The van der Waals surface area contributed by atoms with Crippen LogP contribution < -0.4 is 24.8 Å². The summed E-state index contributed by atoms with van der Waals surface area (Å²) in [5, 5.41) is 7.27. The van der Waals surface area contributed by atoms with Gasteiger partial charge in [0.25, 0.3) is 11.8 Å². The van der Waals surface area contributed by atoms with Crippen LogP contribution in [0.1, 0.15) is 27.0 Å². The smallest absolute Gasteiger partial charge is 0.307 e. The Balaban J connectivity index is 1.52. The fourth-order valence-electron chi connectivity index (χ4n) is 5.28. The lowest BCUT2D eigenvalue weighted by Gasteiger charge is -2.15. The molecule has 13 heteroatoms. The maximum Gasteiger partial charge on any atom is 0.307 e. The van der Waals surface area contributed by atoms with E-state index < -0.39 is 22.0 Å². The van der Waals surface area contributed by atoms with E-state index >= 15 is 0 Å². The number of ether oxygens (including phenoxy) is 3. The molecule has 0 atom stereocenters. The lowest BCUT2D eigenvalue weighted by atomic mass is 10.1. The molecule has 12 nitrogen and oxygen atoms in total. The zero-order valence-corrected chi connectivity index (χ0v) is 27.8. The zero-order chi connectivity index (χ0) is 33.9. The fraction of sp³-hybridized carbons (Fsp3) is 0.235. The van der Waals surface area contributed by atoms with E-state index in [-0.39, 0.29) is 29.3 Å². The second kappa shape index (κ2) is 13.6. The van der Waals surface area contributed by atoms with Gasteiger partial charge in [0.2, 0.25) is 5.75 Å². The van der Waals surface area contributed by atoms with Gasteiger partial charge >= 0.3 is 10.2 Å². The molecule has 0 aliphatic heterocycles. The Morgan fingerprint density at radius 1 is 0.957 bits per heavy atom. The molecule has 3 N–H and O–H groups in total. The van der Waals surface area contributed by atoms with Crippen LogP contribution in [-0.4, -0.2) is 75.5 Å². The molecule has 0 bridgehead atoms. The maximum atomic E-state index is 13.8. The summed E-state index contributed by atoms with van der Waals surface area (Å²) < 4.78 is 44.7. The van der Waals surface area contributed by atoms with E-state index in [9.17, 15) is 18.0 Å². The Bertz CT molecular complexity index is 2090. The Hall–Kier alpha value is -5.27. The van der Waals surface area contributed by atoms with Crippen molar-refractivity contribution in [3.63, 3.8) is 0 Å². The summed E-state index contributed by atoms with van der Waals surface area (Å²) in [6, 6.07) is 16.0. The number of rotatable bonds is 12. The van der Waals surface area contributed by atoms with E-state index in [4.69, 9.17) is 14.2 Å². The number of aromatic nitrogens is 2. The highest BCUT2D eigenvalue weighted by Gasteiger charge is 2.23. The van der Waals surface area contributed by atoms with Gasteiger partial charge in [-0.3, -0.25) is 9.59 Å². The first kappa shape index (κ1) is 33.1. The average Bonchev–Trinajstić information content (AvgIpc) is 3.64. The molecule has 0 aliphatic carbocycles. The van der Waals surface area contributed by atoms with Crippen molar-refractivity contribution in [2.24, 2.45) is 0 Å². The van der Waals surface area contributed by atoms with Gasteiger partial charge in [-0.15, -0.1) is 0 Å². The molecule has 2 amide bonds. The number of aryl methyl sites for hydroxylation is 1. The minimum Gasteiger partial charge on any atom is -0.493 e. The van der Waals surface area contributed by atoms with Gasteiger partial charge in [0.1, 0.15) is 5.70 Å². The van der Waals surface area contributed by atoms with Crippen LogP contribution in [0.4, 0.5) is 0 Å². The van der Waals surface area contributed by atoms with E-state index in [0.29, 0.717) is 28.6 Å². The molecule has 0 aliphatic rings. The Morgan fingerprint density at radius 2 is 1.66 bits per heavy atom. The topological polar surface area (TPSA) is 144 Å². The zero-order valence-electron chi connectivity index (χ0n) is 27.0. The molecule has 5 rings (SSSR count). The van der Waals surface area contributed by atoms with Crippen LogP contribution in [0.25, 0.3) is 27.9 Å². The minimum absolute atomic E-state index is 0.0938. The molecule has 246 valence electrons. The van der Waals surface area contributed by atoms with E-state index in [1.807, 2.05) is 25.3 Å². The van der Waals surface area contributed by atoms with Crippen molar-refractivity contribution in [1.29, 1.82) is 0 Å².